The normalized spacial score (nSPS) is 9.64. The van der Waals surface area contributed by atoms with Crippen LogP contribution < -0.4 is 11.3 Å². The lowest BCUT2D eigenvalue weighted by Gasteiger charge is -2.02. The van der Waals surface area contributed by atoms with Gasteiger partial charge < -0.3 is 5.73 Å². The second-order valence-electron chi connectivity index (χ2n) is 2.97. The Morgan fingerprint density at radius 3 is 3.00 bits per heavy atom. The van der Waals surface area contributed by atoms with Crippen LogP contribution in [0.1, 0.15) is 19.3 Å². The van der Waals surface area contributed by atoms with E-state index < -0.39 is 0 Å². The number of nitriles is 1. The number of nitrogen functional groups attached to an aromatic ring is 1. The van der Waals surface area contributed by atoms with Crippen LogP contribution in [0.5, 0.6) is 0 Å². The number of anilines is 1. The molecule has 0 aliphatic rings. The van der Waals surface area contributed by atoms with Crippen molar-refractivity contribution in [1.82, 2.24) is 9.78 Å². The van der Waals surface area contributed by atoms with Crippen molar-refractivity contribution in [2.24, 2.45) is 0 Å². The first kappa shape index (κ1) is 10.3. The number of nitrogens with zero attached hydrogens (tertiary/aromatic N) is 3. The largest absolute Gasteiger partial charge is 0.397 e. The molecule has 1 aromatic rings. The molecule has 1 rings (SSSR count). The molecule has 0 fully saturated rings. The first-order valence-corrected chi connectivity index (χ1v) is 4.43. The Morgan fingerprint density at radius 2 is 2.36 bits per heavy atom. The number of aromatic nitrogens is 2. The molecule has 0 saturated heterocycles. The highest BCUT2D eigenvalue weighted by atomic mass is 16.1. The van der Waals surface area contributed by atoms with Crippen LogP contribution in [-0.4, -0.2) is 9.78 Å². The van der Waals surface area contributed by atoms with Gasteiger partial charge in [-0.1, -0.05) is 0 Å². The van der Waals surface area contributed by atoms with E-state index in [2.05, 4.69) is 5.10 Å². The lowest BCUT2D eigenvalue weighted by atomic mass is 10.2. The highest BCUT2D eigenvalue weighted by Gasteiger charge is 1.97. The van der Waals surface area contributed by atoms with Gasteiger partial charge in [-0.15, -0.1) is 0 Å². The summed E-state index contributed by atoms with van der Waals surface area (Å²) in [5.41, 5.74) is 5.57. The van der Waals surface area contributed by atoms with Gasteiger partial charge in [0.1, 0.15) is 0 Å². The van der Waals surface area contributed by atoms with Gasteiger partial charge in [0.15, 0.2) is 0 Å². The van der Waals surface area contributed by atoms with Gasteiger partial charge in [0, 0.05) is 19.0 Å². The van der Waals surface area contributed by atoms with Gasteiger partial charge in [0.25, 0.3) is 5.56 Å². The molecular weight excluding hydrogens is 180 g/mol. The molecule has 0 spiro atoms. The van der Waals surface area contributed by atoms with Gasteiger partial charge in [-0.2, -0.15) is 10.4 Å². The van der Waals surface area contributed by atoms with E-state index in [0.29, 0.717) is 18.7 Å². The van der Waals surface area contributed by atoms with E-state index in [9.17, 15) is 4.79 Å². The quantitative estimate of drug-likeness (QED) is 0.705. The summed E-state index contributed by atoms with van der Waals surface area (Å²) in [4.78, 5) is 11.3. The molecule has 74 valence electrons. The van der Waals surface area contributed by atoms with Crippen LogP contribution in [0.3, 0.4) is 0 Å². The zero-order chi connectivity index (χ0) is 10.4. The van der Waals surface area contributed by atoms with Crippen LogP contribution in [0, 0.1) is 11.3 Å². The van der Waals surface area contributed by atoms with E-state index in [1.54, 1.807) is 0 Å². The Morgan fingerprint density at radius 1 is 1.57 bits per heavy atom. The fraction of sp³-hybridized carbons (Fsp3) is 0.444. The van der Waals surface area contributed by atoms with Gasteiger partial charge in [-0.3, -0.25) is 4.79 Å². The Bertz CT molecular complexity index is 391. The molecule has 0 aliphatic carbocycles. The van der Waals surface area contributed by atoms with E-state index in [1.165, 1.54) is 16.9 Å². The molecule has 5 heteroatoms. The van der Waals surface area contributed by atoms with Gasteiger partial charge in [-0.25, -0.2) is 4.68 Å². The minimum Gasteiger partial charge on any atom is -0.397 e. The van der Waals surface area contributed by atoms with E-state index in [0.717, 1.165) is 12.8 Å². The number of rotatable bonds is 4. The maximum atomic E-state index is 11.3. The van der Waals surface area contributed by atoms with Crippen molar-refractivity contribution < 1.29 is 0 Å². The predicted molar refractivity (Wildman–Crippen MR) is 52.4 cm³/mol. The van der Waals surface area contributed by atoms with Crippen LogP contribution in [0.25, 0.3) is 0 Å². The van der Waals surface area contributed by atoms with Gasteiger partial charge in [0.2, 0.25) is 0 Å². The van der Waals surface area contributed by atoms with Crippen molar-refractivity contribution in [2.45, 2.75) is 25.8 Å². The highest BCUT2D eigenvalue weighted by Crippen LogP contribution is 1.96. The van der Waals surface area contributed by atoms with Crippen molar-refractivity contribution in [3.8, 4) is 6.07 Å². The Kier molecular flexibility index (Phi) is 3.68. The van der Waals surface area contributed by atoms with Crippen molar-refractivity contribution in [3.05, 3.63) is 22.6 Å². The third-order valence-corrected chi connectivity index (χ3v) is 1.80. The number of hydrogen-bond donors (Lipinski definition) is 1. The molecular formula is C9H12N4O. The monoisotopic (exact) mass is 192 g/mol. The van der Waals surface area contributed by atoms with Crippen molar-refractivity contribution in [1.29, 1.82) is 5.26 Å². The Balaban J connectivity index is 2.52. The van der Waals surface area contributed by atoms with Gasteiger partial charge >= 0.3 is 0 Å². The number of nitrogens with two attached hydrogens (primary N) is 1. The van der Waals surface area contributed by atoms with Crippen molar-refractivity contribution in [3.63, 3.8) is 0 Å². The minimum absolute atomic E-state index is 0.193. The summed E-state index contributed by atoms with van der Waals surface area (Å²) in [5, 5.41) is 12.2. The summed E-state index contributed by atoms with van der Waals surface area (Å²) in [6.45, 7) is 0.542. The summed E-state index contributed by atoms with van der Waals surface area (Å²) in [6.07, 6.45) is 3.54. The van der Waals surface area contributed by atoms with Crippen LogP contribution in [-0.2, 0) is 6.54 Å². The zero-order valence-electron chi connectivity index (χ0n) is 7.81. The van der Waals surface area contributed by atoms with Crippen LogP contribution >= 0.6 is 0 Å². The lowest BCUT2D eigenvalue weighted by Crippen LogP contribution is -2.22. The van der Waals surface area contributed by atoms with Gasteiger partial charge in [0.05, 0.1) is 18.0 Å². The molecule has 14 heavy (non-hydrogen) atoms. The molecule has 0 bridgehead atoms. The fourth-order valence-electron chi connectivity index (χ4n) is 1.08. The average Bonchev–Trinajstić information content (AvgIpc) is 2.15. The molecule has 1 aromatic heterocycles. The molecule has 0 aromatic carbocycles. The van der Waals surface area contributed by atoms with Crippen LogP contribution in [0.15, 0.2) is 17.1 Å². The molecule has 5 nitrogen and oxygen atoms in total. The first-order valence-electron chi connectivity index (χ1n) is 4.43. The highest BCUT2D eigenvalue weighted by molar-refractivity contribution is 5.31. The lowest BCUT2D eigenvalue weighted by molar-refractivity contribution is 0.535. The summed E-state index contributed by atoms with van der Waals surface area (Å²) in [7, 11) is 0. The molecule has 0 amide bonds. The minimum atomic E-state index is -0.193. The number of unbranched alkanes of at least 4 members (excludes halogenated alkanes) is 2. The molecule has 1 heterocycles. The molecule has 2 N–H and O–H groups in total. The van der Waals surface area contributed by atoms with E-state index in [1.807, 2.05) is 6.07 Å². The van der Waals surface area contributed by atoms with Crippen molar-refractivity contribution >= 4 is 5.69 Å². The Hall–Kier alpha value is -1.83. The van der Waals surface area contributed by atoms with Crippen LogP contribution in [0.2, 0.25) is 0 Å². The maximum Gasteiger partial charge on any atom is 0.268 e. The summed E-state index contributed by atoms with van der Waals surface area (Å²) in [6, 6.07) is 3.39. The predicted octanol–water partition coefficient (Wildman–Crippen LogP) is 0.519. The van der Waals surface area contributed by atoms with Gasteiger partial charge in [-0.05, 0) is 12.8 Å². The fourth-order valence-corrected chi connectivity index (χ4v) is 1.08. The van der Waals surface area contributed by atoms with E-state index in [4.69, 9.17) is 11.0 Å². The van der Waals surface area contributed by atoms with Crippen LogP contribution in [0.4, 0.5) is 5.69 Å². The molecule has 0 unspecified atom stereocenters. The third kappa shape index (κ3) is 2.90. The standard InChI is InChI=1S/C9H12N4O/c10-4-2-1-3-5-13-9(14)6-8(11)7-12-13/h6-7H,1-3,5,11H2. The number of hydrogen-bond acceptors (Lipinski definition) is 4. The Labute approximate surface area is 81.8 Å². The smallest absolute Gasteiger partial charge is 0.268 e. The molecule has 0 aliphatic heterocycles. The summed E-state index contributed by atoms with van der Waals surface area (Å²) in [5.74, 6) is 0. The van der Waals surface area contributed by atoms with E-state index in [-0.39, 0.29) is 5.56 Å². The molecule has 0 radical (unpaired) electrons. The molecule has 0 saturated carbocycles. The summed E-state index contributed by atoms with van der Waals surface area (Å²) >= 11 is 0. The molecule has 0 atom stereocenters. The first-order chi connectivity index (χ1) is 6.74. The number of aryl methyl sites for hydroxylation is 1. The topological polar surface area (TPSA) is 84.7 Å². The second kappa shape index (κ2) is 5.02. The zero-order valence-corrected chi connectivity index (χ0v) is 7.81. The third-order valence-electron chi connectivity index (χ3n) is 1.80. The summed E-state index contributed by atoms with van der Waals surface area (Å²) < 4.78 is 1.35. The SMILES string of the molecule is N#CCCCCn1ncc(N)cc1=O. The maximum absolute atomic E-state index is 11.3. The van der Waals surface area contributed by atoms with Crippen molar-refractivity contribution in [2.75, 3.05) is 5.73 Å². The van der Waals surface area contributed by atoms with E-state index >= 15 is 0 Å². The average molecular weight is 192 g/mol. The second-order valence-corrected chi connectivity index (χ2v) is 2.97.